The van der Waals surface area contributed by atoms with Crippen molar-refractivity contribution in [1.29, 1.82) is 0 Å². The summed E-state index contributed by atoms with van der Waals surface area (Å²) in [5.74, 6) is 0. The van der Waals surface area contributed by atoms with Crippen molar-refractivity contribution in [3.63, 3.8) is 0 Å². The molecule has 2 N–H and O–H groups in total. The van der Waals surface area contributed by atoms with E-state index in [2.05, 4.69) is 13.2 Å². The molecule has 0 aromatic carbocycles. The summed E-state index contributed by atoms with van der Waals surface area (Å²) in [5.41, 5.74) is 7.89. The molecular formula is C7H11N. The zero-order valence-corrected chi connectivity index (χ0v) is 4.98. The number of hydrogen-bond donors (Lipinski definition) is 1. The second kappa shape index (κ2) is 1.75. The molecule has 0 atom stereocenters. The first kappa shape index (κ1) is 5.57. The third kappa shape index (κ3) is 0.693. The number of nitrogens with two attached hydrogens (primary N) is 1. The molecule has 1 saturated carbocycles. The van der Waals surface area contributed by atoms with E-state index in [0.717, 1.165) is 24.0 Å². The van der Waals surface area contributed by atoms with Crippen LogP contribution in [-0.4, -0.2) is 6.04 Å². The van der Waals surface area contributed by atoms with E-state index < -0.39 is 0 Å². The Labute approximate surface area is 49.9 Å². The van der Waals surface area contributed by atoms with Gasteiger partial charge < -0.3 is 5.73 Å². The Morgan fingerprint density at radius 3 is 1.75 bits per heavy atom. The SMILES string of the molecule is C=C1CCC(=C)C1N. The van der Waals surface area contributed by atoms with Gasteiger partial charge in [0.1, 0.15) is 0 Å². The molecule has 1 fully saturated rings. The first-order valence-electron chi connectivity index (χ1n) is 2.82. The van der Waals surface area contributed by atoms with Crippen LogP contribution in [0.25, 0.3) is 0 Å². The van der Waals surface area contributed by atoms with Crippen molar-refractivity contribution in [1.82, 2.24) is 0 Å². The Bertz CT molecular complexity index is 119. The summed E-state index contributed by atoms with van der Waals surface area (Å²) >= 11 is 0. The first-order valence-corrected chi connectivity index (χ1v) is 2.82. The molecule has 0 radical (unpaired) electrons. The normalized spacial score (nSPS) is 22.6. The highest BCUT2D eigenvalue weighted by Gasteiger charge is 2.17. The van der Waals surface area contributed by atoms with Gasteiger partial charge in [0.2, 0.25) is 0 Å². The van der Waals surface area contributed by atoms with E-state index in [1.165, 1.54) is 0 Å². The maximum atomic E-state index is 5.62. The molecule has 1 heteroatoms. The number of hydrogen-bond acceptors (Lipinski definition) is 1. The maximum Gasteiger partial charge on any atom is 0.0465 e. The minimum absolute atomic E-state index is 0.0926. The predicted molar refractivity (Wildman–Crippen MR) is 35.5 cm³/mol. The highest BCUT2D eigenvalue weighted by molar-refractivity contribution is 5.27. The van der Waals surface area contributed by atoms with E-state index in [0.29, 0.717) is 0 Å². The fourth-order valence-corrected chi connectivity index (χ4v) is 0.921. The minimum Gasteiger partial charge on any atom is -0.321 e. The second-order valence-electron chi connectivity index (χ2n) is 2.29. The van der Waals surface area contributed by atoms with Gasteiger partial charge in [-0.2, -0.15) is 0 Å². The summed E-state index contributed by atoms with van der Waals surface area (Å²) in [7, 11) is 0. The highest BCUT2D eigenvalue weighted by atomic mass is 14.7. The van der Waals surface area contributed by atoms with Crippen LogP contribution in [0.2, 0.25) is 0 Å². The summed E-state index contributed by atoms with van der Waals surface area (Å²) in [6.45, 7) is 7.60. The van der Waals surface area contributed by atoms with Crippen molar-refractivity contribution in [2.75, 3.05) is 0 Å². The van der Waals surface area contributed by atoms with Crippen LogP contribution in [0.5, 0.6) is 0 Å². The van der Waals surface area contributed by atoms with Crippen LogP contribution in [0, 0.1) is 0 Å². The Hall–Kier alpha value is -0.560. The van der Waals surface area contributed by atoms with Crippen molar-refractivity contribution < 1.29 is 0 Å². The molecule has 0 amide bonds. The fourth-order valence-electron chi connectivity index (χ4n) is 0.921. The molecule has 8 heavy (non-hydrogen) atoms. The van der Waals surface area contributed by atoms with E-state index in [-0.39, 0.29) is 6.04 Å². The van der Waals surface area contributed by atoms with Crippen molar-refractivity contribution in [2.24, 2.45) is 5.73 Å². The van der Waals surface area contributed by atoms with E-state index >= 15 is 0 Å². The Balaban J connectivity index is 2.70. The van der Waals surface area contributed by atoms with E-state index in [9.17, 15) is 0 Å². The van der Waals surface area contributed by atoms with Gasteiger partial charge in [0.15, 0.2) is 0 Å². The maximum absolute atomic E-state index is 5.62. The lowest BCUT2D eigenvalue weighted by Gasteiger charge is -2.01. The third-order valence-electron chi connectivity index (χ3n) is 1.65. The second-order valence-corrected chi connectivity index (χ2v) is 2.29. The fraction of sp³-hybridized carbons (Fsp3) is 0.429. The minimum atomic E-state index is 0.0926. The molecular weight excluding hydrogens is 98.1 g/mol. The summed E-state index contributed by atoms with van der Waals surface area (Å²) < 4.78 is 0. The van der Waals surface area contributed by atoms with Crippen molar-refractivity contribution in [3.05, 3.63) is 24.3 Å². The predicted octanol–water partition coefficient (Wildman–Crippen LogP) is 1.22. The average molecular weight is 109 g/mol. The lowest BCUT2D eigenvalue weighted by Crippen LogP contribution is -2.17. The topological polar surface area (TPSA) is 26.0 Å². The van der Waals surface area contributed by atoms with Gasteiger partial charge in [-0.3, -0.25) is 0 Å². The lowest BCUT2D eigenvalue weighted by atomic mass is 10.1. The Morgan fingerprint density at radius 1 is 1.25 bits per heavy atom. The van der Waals surface area contributed by atoms with Gasteiger partial charge in [-0.1, -0.05) is 24.3 Å². The van der Waals surface area contributed by atoms with Gasteiger partial charge in [-0.15, -0.1) is 0 Å². The Morgan fingerprint density at radius 2 is 1.62 bits per heavy atom. The van der Waals surface area contributed by atoms with Crippen molar-refractivity contribution in [3.8, 4) is 0 Å². The van der Waals surface area contributed by atoms with Crippen LogP contribution in [-0.2, 0) is 0 Å². The molecule has 0 heterocycles. The Kier molecular flexibility index (Phi) is 1.22. The zero-order chi connectivity index (χ0) is 6.15. The van der Waals surface area contributed by atoms with Gasteiger partial charge in [-0.25, -0.2) is 0 Å². The third-order valence-corrected chi connectivity index (χ3v) is 1.65. The summed E-state index contributed by atoms with van der Waals surface area (Å²) in [5, 5.41) is 0. The molecule has 1 aliphatic rings. The smallest absolute Gasteiger partial charge is 0.0465 e. The van der Waals surface area contributed by atoms with Gasteiger partial charge in [0.05, 0.1) is 0 Å². The van der Waals surface area contributed by atoms with E-state index in [4.69, 9.17) is 5.73 Å². The van der Waals surface area contributed by atoms with Crippen LogP contribution in [0.4, 0.5) is 0 Å². The average Bonchev–Trinajstić information content (AvgIpc) is 1.98. The van der Waals surface area contributed by atoms with Gasteiger partial charge in [-0.05, 0) is 12.8 Å². The molecule has 0 spiro atoms. The number of rotatable bonds is 0. The molecule has 0 aliphatic heterocycles. The molecule has 0 saturated heterocycles. The zero-order valence-electron chi connectivity index (χ0n) is 4.98. The summed E-state index contributed by atoms with van der Waals surface area (Å²) in [4.78, 5) is 0. The van der Waals surface area contributed by atoms with Crippen LogP contribution in [0.3, 0.4) is 0 Å². The summed E-state index contributed by atoms with van der Waals surface area (Å²) in [6.07, 6.45) is 2.08. The van der Waals surface area contributed by atoms with Gasteiger partial charge in [0.25, 0.3) is 0 Å². The lowest BCUT2D eigenvalue weighted by molar-refractivity contribution is 0.954. The van der Waals surface area contributed by atoms with Crippen LogP contribution in [0.1, 0.15) is 12.8 Å². The molecule has 44 valence electrons. The highest BCUT2D eigenvalue weighted by Crippen LogP contribution is 2.24. The monoisotopic (exact) mass is 109 g/mol. The summed E-state index contributed by atoms with van der Waals surface area (Å²) in [6, 6.07) is 0.0926. The quantitative estimate of drug-likeness (QED) is 0.465. The molecule has 1 rings (SSSR count). The van der Waals surface area contributed by atoms with Gasteiger partial charge >= 0.3 is 0 Å². The van der Waals surface area contributed by atoms with Crippen LogP contribution < -0.4 is 5.73 Å². The molecule has 0 aromatic rings. The van der Waals surface area contributed by atoms with Gasteiger partial charge in [0, 0.05) is 6.04 Å². The van der Waals surface area contributed by atoms with Crippen LogP contribution >= 0.6 is 0 Å². The van der Waals surface area contributed by atoms with Crippen molar-refractivity contribution >= 4 is 0 Å². The van der Waals surface area contributed by atoms with Crippen molar-refractivity contribution in [2.45, 2.75) is 18.9 Å². The molecule has 1 nitrogen and oxygen atoms in total. The van der Waals surface area contributed by atoms with Crippen LogP contribution in [0.15, 0.2) is 24.3 Å². The standard InChI is InChI=1S/C7H11N/c1-5-3-4-6(2)7(5)8/h7H,1-4,8H2. The van der Waals surface area contributed by atoms with E-state index in [1.54, 1.807) is 0 Å². The molecule has 0 aromatic heterocycles. The molecule has 1 aliphatic carbocycles. The largest absolute Gasteiger partial charge is 0.321 e. The molecule has 0 unspecified atom stereocenters. The first-order chi connectivity index (χ1) is 3.72. The molecule has 0 bridgehead atoms. The van der Waals surface area contributed by atoms with E-state index in [1.807, 2.05) is 0 Å².